The molecule has 4 atom stereocenters. The van der Waals surface area contributed by atoms with Crippen LogP contribution in [0.4, 0.5) is 0 Å². The summed E-state index contributed by atoms with van der Waals surface area (Å²) in [6.07, 6.45) is 1.82. The van der Waals surface area contributed by atoms with Gasteiger partial charge < -0.3 is 18.7 Å². The average Bonchev–Trinajstić information content (AvgIpc) is 3.48. The molecule has 248 valence electrons. The van der Waals surface area contributed by atoms with Crippen LogP contribution in [0.25, 0.3) is 0 Å². The standard InChI is InChI=1S/C41H52O4Si2/c1-8-36-39(45-47(41(5,6)7,34-25-17-11-18-26-34)35-27-19-12-20-28-35)31-38(43-36)37(29-30-42)44-46(40(2,3)4,32-21-13-9-14-22-32)33-23-15-10-16-24-33/h8-28,36-39,42H,1,29-31H2,2-7H3/t36-,37+,38-,39+/m1/s1. The zero-order valence-electron chi connectivity index (χ0n) is 28.9. The number of hydrogen-bond acceptors (Lipinski definition) is 4. The molecule has 0 bridgehead atoms. The van der Waals surface area contributed by atoms with E-state index in [4.69, 9.17) is 13.6 Å². The molecule has 0 aromatic heterocycles. The third-order valence-electron chi connectivity index (χ3n) is 9.71. The molecule has 4 nitrogen and oxygen atoms in total. The number of ether oxygens (including phenoxy) is 1. The van der Waals surface area contributed by atoms with Crippen LogP contribution in [0.15, 0.2) is 134 Å². The van der Waals surface area contributed by atoms with Gasteiger partial charge in [-0.3, -0.25) is 0 Å². The van der Waals surface area contributed by atoms with E-state index < -0.39 is 16.6 Å². The Morgan fingerprint density at radius 2 is 1.09 bits per heavy atom. The fourth-order valence-electron chi connectivity index (χ4n) is 7.55. The first kappa shape index (κ1) is 35.2. The Bertz CT molecular complexity index is 1470. The molecule has 4 aromatic rings. The highest BCUT2D eigenvalue weighted by atomic mass is 28.4. The quantitative estimate of drug-likeness (QED) is 0.137. The predicted octanol–water partition coefficient (Wildman–Crippen LogP) is 6.60. The lowest BCUT2D eigenvalue weighted by molar-refractivity contribution is -0.0267. The van der Waals surface area contributed by atoms with E-state index in [1.807, 2.05) is 6.08 Å². The summed E-state index contributed by atoms with van der Waals surface area (Å²) in [5.41, 5.74) is 0. The highest BCUT2D eigenvalue weighted by Crippen LogP contribution is 2.42. The monoisotopic (exact) mass is 664 g/mol. The van der Waals surface area contributed by atoms with Gasteiger partial charge in [0.25, 0.3) is 16.6 Å². The minimum atomic E-state index is -2.90. The van der Waals surface area contributed by atoms with E-state index in [-0.39, 0.29) is 41.1 Å². The van der Waals surface area contributed by atoms with Crippen LogP contribution in [0.2, 0.25) is 10.1 Å². The van der Waals surface area contributed by atoms with Gasteiger partial charge in [-0.05, 0) is 37.2 Å². The molecular weight excluding hydrogens is 613 g/mol. The third-order valence-corrected chi connectivity index (χ3v) is 19.8. The first-order chi connectivity index (χ1) is 22.5. The molecule has 47 heavy (non-hydrogen) atoms. The molecule has 1 aliphatic heterocycles. The van der Waals surface area contributed by atoms with Crippen molar-refractivity contribution in [3.63, 3.8) is 0 Å². The second kappa shape index (κ2) is 14.6. The number of benzene rings is 4. The molecule has 1 heterocycles. The molecular formula is C41H52O4Si2. The van der Waals surface area contributed by atoms with Crippen molar-refractivity contribution in [1.82, 2.24) is 0 Å². The van der Waals surface area contributed by atoms with Gasteiger partial charge in [0.2, 0.25) is 0 Å². The summed E-state index contributed by atoms with van der Waals surface area (Å²) in [6.45, 7) is 18.0. The Labute approximate surface area is 284 Å². The van der Waals surface area contributed by atoms with E-state index in [2.05, 4.69) is 169 Å². The van der Waals surface area contributed by atoms with E-state index in [1.54, 1.807) is 0 Å². The largest absolute Gasteiger partial charge is 0.402 e. The fourth-order valence-corrected chi connectivity index (χ4v) is 17.0. The fraction of sp³-hybridized carbons (Fsp3) is 0.366. The lowest BCUT2D eigenvalue weighted by Gasteiger charge is -2.46. The summed E-state index contributed by atoms with van der Waals surface area (Å²) < 4.78 is 22.0. The van der Waals surface area contributed by atoms with Crippen LogP contribution in [0.3, 0.4) is 0 Å². The van der Waals surface area contributed by atoms with Gasteiger partial charge in [-0.25, -0.2) is 0 Å². The molecule has 0 amide bonds. The van der Waals surface area contributed by atoms with Gasteiger partial charge in [0, 0.05) is 13.0 Å². The maximum Gasteiger partial charge on any atom is 0.261 e. The Morgan fingerprint density at radius 3 is 1.43 bits per heavy atom. The molecule has 5 rings (SSSR count). The van der Waals surface area contributed by atoms with Gasteiger partial charge in [0.05, 0.1) is 18.3 Å². The second-order valence-electron chi connectivity index (χ2n) is 14.8. The zero-order valence-corrected chi connectivity index (χ0v) is 30.9. The summed E-state index contributed by atoms with van der Waals surface area (Å²) in [6, 6.07) is 42.8. The Kier molecular flexibility index (Phi) is 10.9. The van der Waals surface area contributed by atoms with Crippen molar-refractivity contribution >= 4 is 37.4 Å². The molecule has 0 radical (unpaired) electrons. The lowest BCUT2D eigenvalue weighted by atomic mass is 10.1. The number of aliphatic hydroxyl groups excluding tert-OH is 1. The van der Waals surface area contributed by atoms with Gasteiger partial charge >= 0.3 is 0 Å². The highest BCUT2D eigenvalue weighted by Gasteiger charge is 2.56. The van der Waals surface area contributed by atoms with E-state index in [0.29, 0.717) is 12.8 Å². The minimum absolute atomic E-state index is 0.00170. The predicted molar refractivity (Wildman–Crippen MR) is 200 cm³/mol. The first-order valence-corrected chi connectivity index (χ1v) is 20.8. The van der Waals surface area contributed by atoms with Crippen molar-refractivity contribution in [2.75, 3.05) is 6.61 Å². The SMILES string of the molecule is C=C[C@H]1O[C@@H]([C@H](CCO)O[Si](c2ccccc2)(c2ccccc2)C(C)(C)C)C[C@@H]1O[Si](c1ccccc1)(c1ccccc1)C(C)(C)C. The van der Waals surface area contributed by atoms with Crippen molar-refractivity contribution in [2.45, 2.75) is 88.9 Å². The van der Waals surface area contributed by atoms with Crippen LogP contribution in [0.5, 0.6) is 0 Å². The summed E-state index contributed by atoms with van der Waals surface area (Å²) in [4.78, 5) is 0. The molecule has 1 saturated heterocycles. The van der Waals surface area contributed by atoms with Crippen molar-refractivity contribution in [3.05, 3.63) is 134 Å². The van der Waals surface area contributed by atoms with Gasteiger partial charge in [-0.2, -0.15) is 0 Å². The van der Waals surface area contributed by atoms with Crippen LogP contribution in [0, 0.1) is 0 Å². The van der Waals surface area contributed by atoms with Crippen molar-refractivity contribution in [2.24, 2.45) is 0 Å². The average molecular weight is 665 g/mol. The Hall–Kier alpha value is -3.11. The van der Waals surface area contributed by atoms with Gasteiger partial charge in [0.1, 0.15) is 6.10 Å². The second-order valence-corrected chi connectivity index (χ2v) is 23.3. The minimum Gasteiger partial charge on any atom is -0.402 e. The molecule has 0 aliphatic carbocycles. The summed E-state index contributed by atoms with van der Waals surface area (Å²) >= 11 is 0. The lowest BCUT2D eigenvalue weighted by Crippen LogP contribution is -2.68. The van der Waals surface area contributed by atoms with Crippen LogP contribution in [0.1, 0.15) is 54.4 Å². The molecule has 4 aromatic carbocycles. The Balaban J connectivity index is 1.57. The zero-order chi connectivity index (χ0) is 33.7. The van der Waals surface area contributed by atoms with E-state index in [1.165, 1.54) is 20.7 Å². The normalized spacial score (nSPS) is 19.8. The van der Waals surface area contributed by atoms with Crippen LogP contribution in [-0.2, 0) is 13.6 Å². The number of aliphatic hydroxyl groups is 1. The van der Waals surface area contributed by atoms with Gasteiger partial charge in [-0.1, -0.05) is 169 Å². The first-order valence-electron chi connectivity index (χ1n) is 16.9. The molecule has 6 heteroatoms. The molecule has 1 fully saturated rings. The van der Waals surface area contributed by atoms with Gasteiger partial charge in [0.15, 0.2) is 0 Å². The summed E-state index contributed by atoms with van der Waals surface area (Å²) in [5.74, 6) is 0. The smallest absolute Gasteiger partial charge is 0.261 e. The van der Waals surface area contributed by atoms with Crippen molar-refractivity contribution in [3.8, 4) is 0 Å². The van der Waals surface area contributed by atoms with Crippen molar-refractivity contribution in [1.29, 1.82) is 0 Å². The maximum atomic E-state index is 10.5. The molecule has 1 N–H and O–H groups in total. The van der Waals surface area contributed by atoms with E-state index >= 15 is 0 Å². The molecule has 0 spiro atoms. The summed E-state index contributed by atoms with van der Waals surface area (Å²) in [5, 5.41) is 15.0. The summed E-state index contributed by atoms with van der Waals surface area (Å²) in [7, 11) is -5.75. The molecule has 1 aliphatic rings. The van der Waals surface area contributed by atoms with E-state index in [0.717, 1.165) is 0 Å². The highest BCUT2D eigenvalue weighted by molar-refractivity contribution is 7.00. The topological polar surface area (TPSA) is 47.9 Å². The van der Waals surface area contributed by atoms with Gasteiger partial charge in [-0.15, -0.1) is 6.58 Å². The van der Waals surface area contributed by atoms with Crippen LogP contribution >= 0.6 is 0 Å². The maximum absolute atomic E-state index is 10.5. The van der Waals surface area contributed by atoms with Crippen molar-refractivity contribution < 1.29 is 18.7 Å². The number of hydrogen-bond donors (Lipinski definition) is 1. The third kappa shape index (κ3) is 6.91. The van der Waals surface area contributed by atoms with E-state index in [9.17, 15) is 5.11 Å². The molecule has 0 saturated carbocycles. The number of rotatable bonds is 12. The van der Waals surface area contributed by atoms with Crippen LogP contribution < -0.4 is 20.7 Å². The van der Waals surface area contributed by atoms with Crippen LogP contribution in [-0.4, -0.2) is 52.8 Å². The Morgan fingerprint density at radius 1 is 0.702 bits per heavy atom. The molecule has 0 unspecified atom stereocenters.